The van der Waals surface area contributed by atoms with Crippen LogP contribution in [0.4, 0.5) is 4.39 Å². The molecule has 3 heterocycles. The summed E-state index contributed by atoms with van der Waals surface area (Å²) >= 11 is 1.75. The van der Waals surface area contributed by atoms with Crippen LogP contribution in [0.1, 0.15) is 28.7 Å². The first-order valence-electron chi connectivity index (χ1n) is 9.81. The fourth-order valence-corrected chi connectivity index (χ4v) is 4.93. The van der Waals surface area contributed by atoms with Gasteiger partial charge in [-0.25, -0.2) is 9.07 Å². The van der Waals surface area contributed by atoms with E-state index in [-0.39, 0.29) is 17.8 Å². The molecule has 0 radical (unpaired) electrons. The highest BCUT2D eigenvalue weighted by molar-refractivity contribution is 7.12. The van der Waals surface area contributed by atoms with Gasteiger partial charge in [0.2, 0.25) is 5.91 Å². The van der Waals surface area contributed by atoms with Crippen molar-refractivity contribution < 1.29 is 9.18 Å². The zero-order valence-corrected chi connectivity index (χ0v) is 17.7. The summed E-state index contributed by atoms with van der Waals surface area (Å²) in [5, 5.41) is 7.79. The molecule has 1 fully saturated rings. The lowest BCUT2D eigenvalue weighted by Gasteiger charge is -2.16. The molecule has 1 aliphatic heterocycles. The van der Waals surface area contributed by atoms with Gasteiger partial charge in [-0.1, -0.05) is 12.1 Å². The van der Waals surface area contributed by atoms with E-state index in [0.717, 1.165) is 36.3 Å². The van der Waals surface area contributed by atoms with Crippen molar-refractivity contribution in [2.24, 2.45) is 0 Å². The first kappa shape index (κ1) is 19.8. The number of benzene rings is 1. The van der Waals surface area contributed by atoms with Gasteiger partial charge in [0.25, 0.3) is 0 Å². The topological polar surface area (TPSA) is 50.2 Å². The largest absolute Gasteiger partial charge is 0.352 e. The zero-order chi connectivity index (χ0) is 20.5. The third-order valence-electron chi connectivity index (χ3n) is 5.26. The average Bonchev–Trinajstić information content (AvgIpc) is 3.34. The highest BCUT2D eigenvalue weighted by Crippen LogP contribution is 2.33. The number of rotatable bonds is 5. The van der Waals surface area contributed by atoms with E-state index in [1.165, 1.54) is 15.8 Å². The summed E-state index contributed by atoms with van der Waals surface area (Å²) in [6.07, 6.45) is 2.87. The van der Waals surface area contributed by atoms with Crippen molar-refractivity contribution in [3.63, 3.8) is 0 Å². The molecule has 0 unspecified atom stereocenters. The van der Waals surface area contributed by atoms with Crippen LogP contribution in [0, 0.1) is 19.7 Å². The van der Waals surface area contributed by atoms with Gasteiger partial charge >= 0.3 is 0 Å². The van der Waals surface area contributed by atoms with Crippen LogP contribution < -0.4 is 5.32 Å². The molecule has 1 amide bonds. The summed E-state index contributed by atoms with van der Waals surface area (Å²) < 4.78 is 16.0. The lowest BCUT2D eigenvalue weighted by molar-refractivity contribution is -0.119. The molecule has 4 rings (SSSR count). The van der Waals surface area contributed by atoms with Gasteiger partial charge in [0, 0.05) is 59.7 Å². The highest BCUT2D eigenvalue weighted by Gasteiger charge is 2.25. The number of likely N-dealkylation sites (tertiary alicyclic amines) is 1. The number of aromatic nitrogens is 2. The molecule has 3 aromatic rings. The third-order valence-corrected chi connectivity index (χ3v) is 6.23. The molecule has 2 aromatic heterocycles. The van der Waals surface area contributed by atoms with Crippen LogP contribution in [0.5, 0.6) is 0 Å². The van der Waals surface area contributed by atoms with Crippen molar-refractivity contribution >= 4 is 17.2 Å². The molecule has 1 N–H and O–H groups in total. The van der Waals surface area contributed by atoms with Gasteiger partial charge in [0.1, 0.15) is 11.5 Å². The highest BCUT2D eigenvalue weighted by atomic mass is 32.1. The molecular formula is C22H25FN4OS. The number of hydrogen-bond donors (Lipinski definition) is 1. The van der Waals surface area contributed by atoms with E-state index < -0.39 is 0 Å². The number of halogens is 1. The molecule has 29 heavy (non-hydrogen) atoms. The van der Waals surface area contributed by atoms with Crippen LogP contribution in [0.15, 0.2) is 36.5 Å². The van der Waals surface area contributed by atoms with Crippen molar-refractivity contribution in [1.29, 1.82) is 0 Å². The summed E-state index contributed by atoms with van der Waals surface area (Å²) in [5.74, 6) is -0.285. The van der Waals surface area contributed by atoms with Gasteiger partial charge in [-0.2, -0.15) is 5.10 Å². The van der Waals surface area contributed by atoms with Gasteiger partial charge in [0.15, 0.2) is 0 Å². The van der Waals surface area contributed by atoms with Crippen LogP contribution in [0.3, 0.4) is 0 Å². The molecule has 0 spiro atoms. The maximum Gasteiger partial charge on any atom is 0.217 e. The third kappa shape index (κ3) is 4.26. The van der Waals surface area contributed by atoms with Gasteiger partial charge < -0.3 is 5.32 Å². The Balaban J connectivity index is 1.67. The summed E-state index contributed by atoms with van der Waals surface area (Å²) in [6, 6.07) is 9.03. The number of hydrogen-bond acceptors (Lipinski definition) is 4. The van der Waals surface area contributed by atoms with Crippen LogP contribution in [0.25, 0.3) is 16.9 Å². The second-order valence-electron chi connectivity index (χ2n) is 7.65. The lowest BCUT2D eigenvalue weighted by atomic mass is 10.1. The van der Waals surface area contributed by atoms with Gasteiger partial charge in [-0.15, -0.1) is 11.3 Å². The molecular weight excluding hydrogens is 387 g/mol. The van der Waals surface area contributed by atoms with Crippen LogP contribution in [-0.2, 0) is 11.3 Å². The van der Waals surface area contributed by atoms with E-state index in [1.807, 2.05) is 12.3 Å². The molecule has 0 saturated carbocycles. The minimum absolute atomic E-state index is 0.00860. The SMILES string of the molecule is CC(=O)N[C@H]1CCN(Cc2cn(-c3ccccc3F)nc2-c2cc(C)sc2C)C1. The Morgan fingerprint density at radius 3 is 2.83 bits per heavy atom. The summed E-state index contributed by atoms with van der Waals surface area (Å²) in [7, 11) is 0. The number of nitrogens with zero attached hydrogens (tertiary/aromatic N) is 3. The Morgan fingerprint density at radius 1 is 1.34 bits per heavy atom. The van der Waals surface area contributed by atoms with Crippen molar-refractivity contribution in [2.75, 3.05) is 13.1 Å². The van der Waals surface area contributed by atoms with Crippen LogP contribution in [0.2, 0.25) is 0 Å². The van der Waals surface area contributed by atoms with Crippen molar-refractivity contribution in [3.8, 4) is 16.9 Å². The van der Waals surface area contributed by atoms with Crippen molar-refractivity contribution in [2.45, 2.75) is 39.8 Å². The Hall–Kier alpha value is -2.51. The van der Waals surface area contributed by atoms with Gasteiger partial charge in [-0.3, -0.25) is 9.69 Å². The first-order valence-corrected chi connectivity index (χ1v) is 10.6. The molecule has 5 nitrogen and oxygen atoms in total. The average molecular weight is 413 g/mol. The minimum atomic E-state index is -0.293. The lowest BCUT2D eigenvalue weighted by Crippen LogP contribution is -2.35. The van der Waals surface area contributed by atoms with E-state index in [1.54, 1.807) is 35.1 Å². The summed E-state index contributed by atoms with van der Waals surface area (Å²) in [4.78, 5) is 16.1. The molecule has 152 valence electrons. The van der Waals surface area contributed by atoms with E-state index in [2.05, 4.69) is 30.1 Å². The molecule has 7 heteroatoms. The van der Waals surface area contributed by atoms with E-state index in [9.17, 15) is 9.18 Å². The number of aryl methyl sites for hydroxylation is 2. The van der Waals surface area contributed by atoms with Crippen LogP contribution >= 0.6 is 11.3 Å². The second-order valence-corrected chi connectivity index (χ2v) is 9.11. The van der Waals surface area contributed by atoms with Gasteiger partial charge in [-0.05, 0) is 38.5 Å². The number of carbonyl (C=O) groups is 1. The minimum Gasteiger partial charge on any atom is -0.352 e. The number of amides is 1. The molecule has 1 aromatic carbocycles. The zero-order valence-electron chi connectivity index (χ0n) is 16.9. The second kappa shape index (κ2) is 8.08. The number of para-hydroxylation sites is 1. The standard InChI is InChI=1S/C22H25FN4OS/c1-14-10-19(15(2)29-14)22-17(11-26-9-8-18(13-26)24-16(3)28)12-27(25-22)21-7-5-4-6-20(21)23/h4-7,10,12,18H,8-9,11,13H2,1-3H3,(H,24,28)/t18-/m0/s1. The number of nitrogens with one attached hydrogen (secondary N) is 1. The number of thiophene rings is 1. The number of carbonyl (C=O) groups excluding carboxylic acids is 1. The van der Waals surface area contributed by atoms with E-state index in [0.29, 0.717) is 12.2 Å². The predicted molar refractivity (Wildman–Crippen MR) is 114 cm³/mol. The monoisotopic (exact) mass is 412 g/mol. The molecule has 0 aliphatic carbocycles. The first-order chi connectivity index (χ1) is 13.9. The molecule has 1 atom stereocenters. The van der Waals surface area contributed by atoms with Crippen molar-refractivity contribution in [1.82, 2.24) is 20.0 Å². The van der Waals surface area contributed by atoms with E-state index in [4.69, 9.17) is 5.10 Å². The predicted octanol–water partition coefficient (Wildman–Crippen LogP) is 4.07. The Morgan fingerprint density at radius 2 is 2.14 bits per heavy atom. The molecule has 1 aliphatic rings. The van der Waals surface area contributed by atoms with Crippen molar-refractivity contribution in [3.05, 3.63) is 57.7 Å². The fourth-order valence-electron chi connectivity index (χ4n) is 4.00. The maximum absolute atomic E-state index is 14.4. The molecule has 0 bridgehead atoms. The van der Waals surface area contributed by atoms with Gasteiger partial charge in [0.05, 0.1) is 5.69 Å². The fraction of sp³-hybridized carbons (Fsp3) is 0.364. The molecule has 1 saturated heterocycles. The Kier molecular flexibility index (Phi) is 5.52. The summed E-state index contributed by atoms with van der Waals surface area (Å²) in [5.41, 5.74) is 3.52. The van der Waals surface area contributed by atoms with Crippen LogP contribution in [-0.4, -0.2) is 39.7 Å². The normalized spacial score (nSPS) is 17.0. The Bertz CT molecular complexity index is 1040. The quantitative estimate of drug-likeness (QED) is 0.687. The maximum atomic E-state index is 14.4. The van der Waals surface area contributed by atoms with E-state index >= 15 is 0 Å². The summed E-state index contributed by atoms with van der Waals surface area (Å²) in [6.45, 7) is 8.19. The smallest absolute Gasteiger partial charge is 0.217 e. The Labute approximate surface area is 174 Å².